The number of para-hydroxylation sites is 1. The normalized spacial score (nSPS) is 15.6. The van der Waals surface area contributed by atoms with E-state index in [1.54, 1.807) is 0 Å². The number of amides is 1. The summed E-state index contributed by atoms with van der Waals surface area (Å²) in [5.74, 6) is 1.58. The second-order valence-electron chi connectivity index (χ2n) is 8.55. The summed E-state index contributed by atoms with van der Waals surface area (Å²) in [5.41, 5.74) is 2.58. The van der Waals surface area contributed by atoms with E-state index in [-0.39, 0.29) is 23.7 Å². The number of ether oxygens (including phenoxy) is 2. The van der Waals surface area contributed by atoms with E-state index in [1.165, 1.54) is 27.9 Å². The Morgan fingerprint density at radius 3 is 2.65 bits per heavy atom. The number of carbonyl (C=O) groups is 1. The van der Waals surface area contributed by atoms with Gasteiger partial charge in [0.1, 0.15) is 23.8 Å². The van der Waals surface area contributed by atoms with Crippen molar-refractivity contribution in [3.8, 4) is 11.5 Å². The van der Waals surface area contributed by atoms with Crippen LogP contribution in [0.5, 0.6) is 11.5 Å². The molecule has 2 aromatic carbocycles. The highest BCUT2D eigenvalue weighted by atomic mass is 16.5. The largest absolute Gasteiger partial charge is 0.493 e. The monoisotopic (exact) mass is 460 g/mol. The van der Waals surface area contributed by atoms with Crippen molar-refractivity contribution in [3.63, 3.8) is 0 Å². The van der Waals surface area contributed by atoms with Crippen LogP contribution < -0.4 is 15.0 Å². The summed E-state index contributed by atoms with van der Waals surface area (Å²) in [6.07, 6.45) is 0.971. The second-order valence-corrected chi connectivity index (χ2v) is 8.55. The first kappa shape index (κ1) is 22.2. The van der Waals surface area contributed by atoms with Gasteiger partial charge in [0.15, 0.2) is 0 Å². The highest BCUT2D eigenvalue weighted by Crippen LogP contribution is 2.26. The molecule has 0 radical (unpaired) electrons. The Balaban J connectivity index is 1.15. The molecule has 5 rings (SSSR count). The van der Waals surface area contributed by atoms with E-state index in [9.17, 15) is 9.59 Å². The summed E-state index contributed by atoms with van der Waals surface area (Å²) >= 11 is 0. The topological polar surface area (TPSA) is 76.9 Å². The Labute approximate surface area is 198 Å². The second kappa shape index (κ2) is 10.1. The fraction of sp³-hybridized carbons (Fsp3) is 0.346. The predicted octanol–water partition coefficient (Wildman–Crippen LogP) is 2.22. The first-order chi connectivity index (χ1) is 16.7. The van der Waals surface area contributed by atoms with Crippen LogP contribution in [0.2, 0.25) is 0 Å². The molecule has 0 saturated carbocycles. The molecule has 1 amide bonds. The highest BCUT2D eigenvalue weighted by molar-refractivity contribution is 5.92. The zero-order chi connectivity index (χ0) is 23.3. The van der Waals surface area contributed by atoms with Crippen LogP contribution in [-0.2, 0) is 19.5 Å². The maximum absolute atomic E-state index is 13.0. The van der Waals surface area contributed by atoms with Crippen molar-refractivity contribution < 1.29 is 14.3 Å². The molecule has 2 aliphatic heterocycles. The summed E-state index contributed by atoms with van der Waals surface area (Å²) in [4.78, 5) is 29.4. The van der Waals surface area contributed by atoms with E-state index in [1.807, 2.05) is 35.2 Å². The van der Waals surface area contributed by atoms with Crippen molar-refractivity contribution in [2.75, 3.05) is 39.4 Å². The molecule has 3 heterocycles. The molecule has 0 aliphatic carbocycles. The summed E-state index contributed by atoms with van der Waals surface area (Å²) in [7, 11) is 0. The summed E-state index contributed by atoms with van der Waals surface area (Å²) < 4.78 is 12.5. The molecule has 0 spiro atoms. The Morgan fingerprint density at radius 2 is 1.82 bits per heavy atom. The molecular weight excluding hydrogens is 432 g/mol. The van der Waals surface area contributed by atoms with Gasteiger partial charge in [-0.2, -0.15) is 5.10 Å². The zero-order valence-corrected chi connectivity index (χ0v) is 19.1. The van der Waals surface area contributed by atoms with Gasteiger partial charge in [-0.3, -0.25) is 14.5 Å². The van der Waals surface area contributed by atoms with Gasteiger partial charge in [0.2, 0.25) is 0 Å². The van der Waals surface area contributed by atoms with E-state index >= 15 is 0 Å². The molecule has 2 aliphatic rings. The van der Waals surface area contributed by atoms with Gasteiger partial charge in [-0.1, -0.05) is 30.3 Å². The molecule has 0 atom stereocenters. The lowest BCUT2D eigenvalue weighted by molar-refractivity contribution is 0.0619. The van der Waals surface area contributed by atoms with E-state index in [0.29, 0.717) is 19.7 Å². The maximum atomic E-state index is 13.0. The quantitative estimate of drug-likeness (QED) is 0.538. The lowest BCUT2D eigenvalue weighted by atomic mass is 10.1. The molecule has 34 heavy (non-hydrogen) atoms. The third-order valence-electron chi connectivity index (χ3n) is 6.22. The molecule has 1 aromatic heterocycles. The van der Waals surface area contributed by atoms with Crippen LogP contribution in [0, 0.1) is 0 Å². The average Bonchev–Trinajstić information content (AvgIpc) is 3.34. The standard InChI is InChI=1S/C26H28N4O4/c31-25-9-7-23(27-30(25)15-17-33-22-4-2-1-3-5-22)26(32)29-13-11-28(12-14-29)19-20-6-8-24-21(18-20)10-16-34-24/h1-9,18H,10-17,19H2. The SMILES string of the molecule is O=C(c1ccc(=O)n(CCOc2ccccc2)n1)N1CCN(Cc2ccc3c(c2)CCO3)CC1. The van der Waals surface area contributed by atoms with Gasteiger partial charge in [-0.05, 0) is 35.4 Å². The number of hydrogen-bond donors (Lipinski definition) is 0. The number of hydrogen-bond acceptors (Lipinski definition) is 6. The molecule has 1 saturated heterocycles. The lowest BCUT2D eigenvalue weighted by Crippen LogP contribution is -2.48. The van der Waals surface area contributed by atoms with Gasteiger partial charge in [-0.15, -0.1) is 0 Å². The van der Waals surface area contributed by atoms with Crippen LogP contribution >= 0.6 is 0 Å². The van der Waals surface area contributed by atoms with Crippen molar-refractivity contribution in [1.82, 2.24) is 19.6 Å². The van der Waals surface area contributed by atoms with Crippen molar-refractivity contribution in [3.05, 3.63) is 87.8 Å². The Kier molecular flexibility index (Phi) is 6.58. The van der Waals surface area contributed by atoms with E-state index in [2.05, 4.69) is 28.2 Å². The number of fused-ring (bicyclic) bond motifs is 1. The van der Waals surface area contributed by atoms with Crippen molar-refractivity contribution >= 4 is 5.91 Å². The molecule has 176 valence electrons. The van der Waals surface area contributed by atoms with Gasteiger partial charge in [-0.25, -0.2) is 4.68 Å². The molecule has 0 bridgehead atoms. The van der Waals surface area contributed by atoms with E-state index in [4.69, 9.17) is 9.47 Å². The van der Waals surface area contributed by atoms with E-state index < -0.39 is 0 Å². The third kappa shape index (κ3) is 5.12. The van der Waals surface area contributed by atoms with Crippen LogP contribution in [0.3, 0.4) is 0 Å². The summed E-state index contributed by atoms with van der Waals surface area (Å²) in [5, 5.41) is 4.31. The summed E-state index contributed by atoms with van der Waals surface area (Å²) in [6, 6.07) is 18.7. The fourth-order valence-electron chi connectivity index (χ4n) is 4.36. The minimum Gasteiger partial charge on any atom is -0.493 e. The van der Waals surface area contributed by atoms with Crippen molar-refractivity contribution in [1.29, 1.82) is 0 Å². The predicted molar refractivity (Wildman–Crippen MR) is 127 cm³/mol. The number of aromatic nitrogens is 2. The van der Waals surface area contributed by atoms with Gasteiger partial charge >= 0.3 is 0 Å². The number of nitrogens with zero attached hydrogens (tertiary/aromatic N) is 4. The lowest BCUT2D eigenvalue weighted by Gasteiger charge is -2.34. The van der Waals surface area contributed by atoms with Gasteiger partial charge < -0.3 is 14.4 Å². The van der Waals surface area contributed by atoms with Crippen LogP contribution in [0.25, 0.3) is 0 Å². The first-order valence-corrected chi connectivity index (χ1v) is 11.7. The molecule has 3 aromatic rings. The zero-order valence-electron chi connectivity index (χ0n) is 19.1. The van der Waals surface area contributed by atoms with Gasteiger partial charge in [0.25, 0.3) is 11.5 Å². The number of benzene rings is 2. The smallest absolute Gasteiger partial charge is 0.274 e. The minimum absolute atomic E-state index is 0.146. The third-order valence-corrected chi connectivity index (χ3v) is 6.22. The molecule has 8 heteroatoms. The maximum Gasteiger partial charge on any atom is 0.274 e. The molecule has 1 fully saturated rings. The van der Waals surface area contributed by atoms with E-state index in [0.717, 1.165) is 44.2 Å². The molecule has 8 nitrogen and oxygen atoms in total. The molecule has 0 unspecified atom stereocenters. The first-order valence-electron chi connectivity index (χ1n) is 11.7. The van der Waals surface area contributed by atoms with Crippen LogP contribution in [-0.4, -0.2) is 64.9 Å². The molecular formula is C26H28N4O4. The number of rotatable bonds is 7. The van der Waals surface area contributed by atoms with Crippen molar-refractivity contribution in [2.24, 2.45) is 0 Å². The van der Waals surface area contributed by atoms with Gasteiger partial charge in [0.05, 0.1) is 13.2 Å². The van der Waals surface area contributed by atoms with Gasteiger partial charge in [0, 0.05) is 45.2 Å². The Hall–Kier alpha value is -3.65. The average molecular weight is 461 g/mol. The van der Waals surface area contributed by atoms with Crippen LogP contribution in [0.4, 0.5) is 0 Å². The van der Waals surface area contributed by atoms with Crippen LogP contribution in [0.1, 0.15) is 21.6 Å². The fourth-order valence-corrected chi connectivity index (χ4v) is 4.36. The summed E-state index contributed by atoms with van der Waals surface area (Å²) in [6.45, 7) is 5.04. The number of carbonyl (C=O) groups excluding carboxylic acids is 1. The number of piperazine rings is 1. The Bertz CT molecular complexity index is 1200. The minimum atomic E-state index is -0.252. The van der Waals surface area contributed by atoms with Crippen molar-refractivity contribution in [2.45, 2.75) is 19.5 Å². The molecule has 0 N–H and O–H groups in total. The highest BCUT2D eigenvalue weighted by Gasteiger charge is 2.24. The van der Waals surface area contributed by atoms with Crippen LogP contribution in [0.15, 0.2) is 65.5 Å². The Morgan fingerprint density at radius 1 is 1.00 bits per heavy atom.